The van der Waals surface area contributed by atoms with E-state index >= 15 is 0 Å². The average Bonchev–Trinajstić information content (AvgIpc) is 2.41. The van der Waals surface area contributed by atoms with Crippen LogP contribution >= 0.6 is 27.7 Å². The Bertz CT molecular complexity index is 494. The van der Waals surface area contributed by atoms with Crippen molar-refractivity contribution in [3.05, 3.63) is 28.2 Å². The maximum Gasteiger partial charge on any atom is 0.303 e. The van der Waals surface area contributed by atoms with Gasteiger partial charge in [-0.25, -0.2) is 0 Å². The molecule has 0 radical (unpaired) electrons. The highest BCUT2D eigenvalue weighted by Gasteiger charge is 2.05. The van der Waals surface area contributed by atoms with E-state index in [9.17, 15) is 9.59 Å². The van der Waals surface area contributed by atoms with E-state index in [1.807, 2.05) is 25.1 Å². The van der Waals surface area contributed by atoms with Crippen molar-refractivity contribution in [2.75, 3.05) is 12.3 Å². The Morgan fingerprint density at radius 1 is 1.29 bits per heavy atom. The first kappa shape index (κ1) is 18.0. The van der Waals surface area contributed by atoms with Crippen molar-refractivity contribution in [1.82, 2.24) is 5.32 Å². The van der Waals surface area contributed by atoms with Crippen molar-refractivity contribution in [1.29, 1.82) is 0 Å². The fourth-order valence-electron chi connectivity index (χ4n) is 1.77. The molecule has 0 saturated carbocycles. The van der Waals surface area contributed by atoms with E-state index in [1.54, 1.807) is 0 Å². The molecule has 0 heterocycles. The number of amides is 1. The fourth-order valence-corrected chi connectivity index (χ4v) is 3.09. The second kappa shape index (κ2) is 9.84. The number of aliphatic carboxylic acids is 1. The molecule has 0 aliphatic rings. The molecule has 1 aromatic carbocycles. The number of hydrogen-bond acceptors (Lipinski definition) is 3. The van der Waals surface area contributed by atoms with Gasteiger partial charge in [0.2, 0.25) is 5.91 Å². The van der Waals surface area contributed by atoms with E-state index in [0.29, 0.717) is 18.7 Å². The molecule has 0 fully saturated rings. The molecule has 6 heteroatoms. The van der Waals surface area contributed by atoms with E-state index in [0.717, 1.165) is 27.8 Å². The van der Waals surface area contributed by atoms with Gasteiger partial charge in [-0.3, -0.25) is 9.59 Å². The lowest BCUT2D eigenvalue weighted by Gasteiger charge is -2.07. The van der Waals surface area contributed by atoms with Crippen molar-refractivity contribution in [2.24, 2.45) is 0 Å². The maximum absolute atomic E-state index is 11.7. The number of hydrogen-bond donors (Lipinski definition) is 2. The minimum Gasteiger partial charge on any atom is -0.481 e. The molecular weight excluding hydrogens is 354 g/mol. The molecule has 0 atom stereocenters. The molecule has 0 spiro atoms. The molecular formula is C15H20BrNO3S. The smallest absolute Gasteiger partial charge is 0.303 e. The number of carboxylic acids is 1. The Labute approximate surface area is 137 Å². The molecule has 0 unspecified atom stereocenters. The summed E-state index contributed by atoms with van der Waals surface area (Å²) in [5.41, 5.74) is 1.15. The van der Waals surface area contributed by atoms with Gasteiger partial charge < -0.3 is 10.4 Å². The molecule has 0 bridgehead atoms. The topological polar surface area (TPSA) is 66.4 Å². The van der Waals surface area contributed by atoms with Gasteiger partial charge in [0.15, 0.2) is 0 Å². The normalized spacial score (nSPS) is 10.4. The number of carbonyl (C=O) groups excluding carboxylic acids is 1. The van der Waals surface area contributed by atoms with Crippen LogP contribution in [0.1, 0.15) is 31.2 Å². The summed E-state index contributed by atoms with van der Waals surface area (Å²) in [6.45, 7) is 2.63. The summed E-state index contributed by atoms with van der Waals surface area (Å²) >= 11 is 4.94. The van der Waals surface area contributed by atoms with Gasteiger partial charge in [0.05, 0.1) is 5.75 Å². The third kappa shape index (κ3) is 8.12. The third-order valence-corrected chi connectivity index (χ3v) is 4.55. The van der Waals surface area contributed by atoms with Crippen molar-refractivity contribution in [2.45, 2.75) is 37.5 Å². The Hall–Kier alpha value is -1.01. The quantitative estimate of drug-likeness (QED) is 0.512. The molecule has 0 saturated heterocycles. The summed E-state index contributed by atoms with van der Waals surface area (Å²) in [7, 11) is 0. The molecule has 1 rings (SSSR count). The molecule has 2 N–H and O–H groups in total. The summed E-state index contributed by atoms with van der Waals surface area (Å²) < 4.78 is 1.04. The van der Waals surface area contributed by atoms with Gasteiger partial charge in [-0.15, -0.1) is 11.8 Å². The number of nitrogens with one attached hydrogen (secondary N) is 1. The zero-order valence-corrected chi connectivity index (χ0v) is 14.4. The second-order valence-corrected chi connectivity index (χ2v) is 6.69. The van der Waals surface area contributed by atoms with Crippen LogP contribution in [-0.4, -0.2) is 29.3 Å². The molecule has 0 aromatic heterocycles. The van der Waals surface area contributed by atoms with Crippen molar-refractivity contribution in [3.8, 4) is 0 Å². The summed E-state index contributed by atoms with van der Waals surface area (Å²) in [5.74, 6) is -0.349. The van der Waals surface area contributed by atoms with Gasteiger partial charge in [0, 0.05) is 22.3 Å². The number of halogens is 1. The van der Waals surface area contributed by atoms with Gasteiger partial charge in [-0.05, 0) is 43.5 Å². The summed E-state index contributed by atoms with van der Waals surface area (Å²) in [6.07, 6.45) is 2.51. The first-order valence-corrected chi connectivity index (χ1v) is 8.64. The molecule has 116 valence electrons. The predicted octanol–water partition coefficient (Wildman–Crippen LogP) is 3.61. The van der Waals surface area contributed by atoms with Crippen LogP contribution in [0.15, 0.2) is 27.6 Å². The number of unbranched alkanes of at least 4 members (excludes halogenated alkanes) is 2. The van der Waals surface area contributed by atoms with Gasteiger partial charge >= 0.3 is 5.97 Å². The first-order chi connectivity index (χ1) is 9.99. The highest BCUT2D eigenvalue weighted by Crippen LogP contribution is 2.24. The van der Waals surface area contributed by atoms with Crippen molar-refractivity contribution < 1.29 is 14.7 Å². The van der Waals surface area contributed by atoms with Crippen molar-refractivity contribution in [3.63, 3.8) is 0 Å². The van der Waals surface area contributed by atoms with E-state index in [4.69, 9.17) is 5.11 Å². The summed E-state index contributed by atoms with van der Waals surface area (Å²) in [5, 5.41) is 11.4. The van der Waals surface area contributed by atoms with Crippen LogP contribution in [0, 0.1) is 6.92 Å². The highest BCUT2D eigenvalue weighted by atomic mass is 79.9. The minimum atomic E-state index is -0.764. The van der Waals surface area contributed by atoms with Gasteiger partial charge in [0.1, 0.15) is 0 Å². The molecule has 0 aliphatic carbocycles. The molecule has 0 aliphatic heterocycles. The van der Waals surface area contributed by atoms with E-state index in [1.165, 1.54) is 11.8 Å². The molecule has 4 nitrogen and oxygen atoms in total. The second-order valence-electron chi connectivity index (χ2n) is 4.75. The number of benzene rings is 1. The first-order valence-electron chi connectivity index (χ1n) is 6.86. The largest absolute Gasteiger partial charge is 0.481 e. The predicted molar refractivity (Wildman–Crippen MR) is 88.7 cm³/mol. The lowest BCUT2D eigenvalue weighted by atomic mass is 10.2. The van der Waals surface area contributed by atoms with Gasteiger partial charge in [-0.1, -0.05) is 22.4 Å². The van der Waals surface area contributed by atoms with E-state index < -0.39 is 5.97 Å². The van der Waals surface area contributed by atoms with Crippen LogP contribution in [0.5, 0.6) is 0 Å². The zero-order chi connectivity index (χ0) is 15.7. The number of aryl methyl sites for hydroxylation is 1. The van der Waals surface area contributed by atoms with Crippen LogP contribution in [0.3, 0.4) is 0 Å². The Balaban J connectivity index is 2.15. The minimum absolute atomic E-state index is 0.0144. The number of thioether (sulfide) groups is 1. The Morgan fingerprint density at radius 3 is 2.71 bits per heavy atom. The lowest BCUT2D eigenvalue weighted by Crippen LogP contribution is -2.26. The number of rotatable bonds is 9. The molecule has 1 aromatic rings. The lowest BCUT2D eigenvalue weighted by molar-refractivity contribution is -0.137. The molecule has 21 heavy (non-hydrogen) atoms. The third-order valence-electron chi connectivity index (χ3n) is 2.89. The summed E-state index contributed by atoms with van der Waals surface area (Å²) in [6, 6.07) is 6.00. The number of carboxylic acid groups (broad SMARTS) is 1. The Kier molecular flexibility index (Phi) is 8.45. The summed E-state index contributed by atoms with van der Waals surface area (Å²) in [4.78, 5) is 23.1. The standard InChI is InChI=1S/C15H20BrNO3S/c1-11-9-12(16)6-7-13(11)21-10-14(18)17-8-4-2-3-5-15(19)20/h6-7,9H,2-5,8,10H2,1H3,(H,17,18)(H,19,20). The van der Waals surface area contributed by atoms with Gasteiger partial charge in [0.25, 0.3) is 0 Å². The van der Waals surface area contributed by atoms with Crippen LogP contribution in [0.2, 0.25) is 0 Å². The highest BCUT2D eigenvalue weighted by molar-refractivity contribution is 9.10. The zero-order valence-electron chi connectivity index (χ0n) is 12.0. The van der Waals surface area contributed by atoms with Crippen LogP contribution < -0.4 is 5.32 Å². The Morgan fingerprint density at radius 2 is 2.05 bits per heavy atom. The fraction of sp³-hybridized carbons (Fsp3) is 0.467. The maximum atomic E-state index is 11.7. The SMILES string of the molecule is Cc1cc(Br)ccc1SCC(=O)NCCCCCC(=O)O. The monoisotopic (exact) mass is 373 g/mol. The van der Waals surface area contributed by atoms with Crippen molar-refractivity contribution >= 4 is 39.6 Å². The van der Waals surface area contributed by atoms with Crippen LogP contribution in [-0.2, 0) is 9.59 Å². The number of carbonyl (C=O) groups is 2. The molecule has 1 amide bonds. The van der Waals surface area contributed by atoms with E-state index in [-0.39, 0.29) is 12.3 Å². The average molecular weight is 374 g/mol. The van der Waals surface area contributed by atoms with Crippen LogP contribution in [0.25, 0.3) is 0 Å². The van der Waals surface area contributed by atoms with Crippen LogP contribution in [0.4, 0.5) is 0 Å². The van der Waals surface area contributed by atoms with Gasteiger partial charge in [-0.2, -0.15) is 0 Å². The van der Waals surface area contributed by atoms with E-state index in [2.05, 4.69) is 21.2 Å².